The SMILES string of the molecule is Cl.O=c1[nH]c2ccc(OC3CCN(CCc4ccccc4)CC3)cc2c2c1CSCC2. The Kier molecular flexibility index (Phi) is 7.26. The number of thioether (sulfide) groups is 1. The van der Waals surface area contributed by atoms with E-state index in [1.807, 2.05) is 23.9 Å². The molecule has 6 heteroatoms. The first-order valence-corrected chi connectivity index (χ1v) is 12.1. The molecule has 1 N–H and O–H groups in total. The molecule has 0 spiro atoms. The summed E-state index contributed by atoms with van der Waals surface area (Å²) in [6, 6.07) is 16.9. The van der Waals surface area contributed by atoms with Gasteiger partial charge in [-0.1, -0.05) is 30.3 Å². The number of nitrogens with zero attached hydrogens (tertiary/aromatic N) is 1. The van der Waals surface area contributed by atoms with E-state index in [0.717, 1.165) is 79.0 Å². The molecule has 1 aromatic heterocycles. The summed E-state index contributed by atoms with van der Waals surface area (Å²) >= 11 is 1.84. The second kappa shape index (κ2) is 10.1. The van der Waals surface area contributed by atoms with E-state index in [1.54, 1.807) is 0 Å². The van der Waals surface area contributed by atoms with Gasteiger partial charge in [-0.3, -0.25) is 4.79 Å². The monoisotopic (exact) mass is 456 g/mol. The van der Waals surface area contributed by atoms with Gasteiger partial charge in [0.15, 0.2) is 0 Å². The second-order valence-corrected chi connectivity index (χ2v) is 9.42. The molecule has 0 atom stereocenters. The van der Waals surface area contributed by atoms with E-state index in [0.29, 0.717) is 0 Å². The molecule has 0 amide bonds. The number of rotatable bonds is 5. The lowest BCUT2D eigenvalue weighted by Gasteiger charge is -2.32. The number of hydrogen-bond donors (Lipinski definition) is 1. The Balaban J connectivity index is 0.00000231. The maximum absolute atomic E-state index is 12.3. The second-order valence-electron chi connectivity index (χ2n) is 8.32. The third-order valence-electron chi connectivity index (χ3n) is 6.34. The van der Waals surface area contributed by atoms with Crippen molar-refractivity contribution in [1.82, 2.24) is 9.88 Å². The normalized spacial score (nSPS) is 17.2. The fourth-order valence-corrected chi connectivity index (χ4v) is 5.62. The number of piperidine rings is 1. The Hall–Kier alpha value is -1.95. The van der Waals surface area contributed by atoms with E-state index in [-0.39, 0.29) is 24.1 Å². The summed E-state index contributed by atoms with van der Waals surface area (Å²) in [5.41, 5.74) is 4.57. The highest BCUT2D eigenvalue weighted by atomic mass is 35.5. The number of benzene rings is 2. The molecule has 2 aromatic carbocycles. The van der Waals surface area contributed by atoms with E-state index >= 15 is 0 Å². The molecule has 1 saturated heterocycles. The van der Waals surface area contributed by atoms with Gasteiger partial charge in [0, 0.05) is 41.9 Å². The lowest BCUT2D eigenvalue weighted by atomic mass is 10.0. The van der Waals surface area contributed by atoms with Crippen molar-refractivity contribution in [2.75, 3.05) is 25.4 Å². The first-order valence-electron chi connectivity index (χ1n) is 10.9. The van der Waals surface area contributed by atoms with Gasteiger partial charge in [0.2, 0.25) is 0 Å². The zero-order valence-corrected chi connectivity index (χ0v) is 19.3. The minimum atomic E-state index is 0. The van der Waals surface area contributed by atoms with Gasteiger partial charge < -0.3 is 14.6 Å². The van der Waals surface area contributed by atoms with Crippen LogP contribution in [-0.2, 0) is 18.6 Å². The fourth-order valence-electron chi connectivity index (χ4n) is 4.61. The number of halogens is 1. The van der Waals surface area contributed by atoms with Gasteiger partial charge in [-0.2, -0.15) is 11.8 Å². The standard InChI is InChI=1S/C25H28N2O2S.ClH/c28-25-23-17-30-15-11-21(23)22-16-20(6-7-24(22)26-25)29-19-9-13-27(14-10-19)12-8-18-4-2-1-3-5-18;/h1-7,16,19H,8-15,17H2,(H,26,28);1H. The highest BCUT2D eigenvalue weighted by molar-refractivity contribution is 7.98. The summed E-state index contributed by atoms with van der Waals surface area (Å²) in [5.74, 6) is 2.82. The Morgan fingerprint density at radius 3 is 2.68 bits per heavy atom. The quantitative estimate of drug-likeness (QED) is 0.597. The third kappa shape index (κ3) is 5.11. The topological polar surface area (TPSA) is 45.3 Å². The maximum Gasteiger partial charge on any atom is 0.252 e. The van der Waals surface area contributed by atoms with Crippen molar-refractivity contribution >= 4 is 35.1 Å². The molecule has 0 saturated carbocycles. The number of aromatic nitrogens is 1. The number of fused-ring (bicyclic) bond motifs is 3. The molecule has 2 aliphatic heterocycles. The largest absolute Gasteiger partial charge is 0.490 e. The van der Waals surface area contributed by atoms with Gasteiger partial charge in [-0.05, 0) is 60.8 Å². The maximum atomic E-state index is 12.3. The summed E-state index contributed by atoms with van der Waals surface area (Å²) in [6.07, 6.45) is 4.47. The number of ether oxygens (including phenoxy) is 1. The third-order valence-corrected chi connectivity index (χ3v) is 7.33. The molecule has 0 bridgehead atoms. The van der Waals surface area contributed by atoms with Crippen LogP contribution < -0.4 is 10.3 Å². The molecule has 4 nitrogen and oxygen atoms in total. The average molecular weight is 457 g/mol. The predicted molar refractivity (Wildman–Crippen MR) is 132 cm³/mol. The molecule has 0 aliphatic carbocycles. The number of H-pyrrole nitrogens is 1. The van der Waals surface area contributed by atoms with Crippen molar-refractivity contribution in [3.05, 3.63) is 75.6 Å². The Labute approximate surface area is 193 Å². The van der Waals surface area contributed by atoms with Gasteiger partial charge >= 0.3 is 0 Å². The van der Waals surface area contributed by atoms with Gasteiger partial charge in [-0.25, -0.2) is 0 Å². The van der Waals surface area contributed by atoms with Crippen LogP contribution in [0.3, 0.4) is 0 Å². The summed E-state index contributed by atoms with van der Waals surface area (Å²) in [7, 11) is 0. The first-order chi connectivity index (χ1) is 14.8. The van der Waals surface area contributed by atoms with Crippen LogP contribution in [-0.4, -0.2) is 41.4 Å². The van der Waals surface area contributed by atoms with Crippen LogP contribution in [0.1, 0.15) is 29.5 Å². The number of aromatic amines is 1. The van der Waals surface area contributed by atoms with Crippen LogP contribution in [0.4, 0.5) is 0 Å². The molecular weight excluding hydrogens is 428 g/mol. The van der Waals surface area contributed by atoms with E-state index < -0.39 is 0 Å². The van der Waals surface area contributed by atoms with Crippen molar-refractivity contribution in [2.24, 2.45) is 0 Å². The number of aryl methyl sites for hydroxylation is 1. The van der Waals surface area contributed by atoms with E-state index in [2.05, 4.69) is 46.3 Å². The predicted octanol–water partition coefficient (Wildman–Crippen LogP) is 4.83. The molecule has 31 heavy (non-hydrogen) atoms. The molecule has 3 aromatic rings. The van der Waals surface area contributed by atoms with Crippen molar-refractivity contribution in [3.63, 3.8) is 0 Å². The minimum Gasteiger partial charge on any atom is -0.490 e. The number of likely N-dealkylation sites (tertiary alicyclic amines) is 1. The van der Waals surface area contributed by atoms with Crippen LogP contribution in [0.25, 0.3) is 10.9 Å². The van der Waals surface area contributed by atoms with E-state index in [4.69, 9.17) is 4.74 Å². The molecule has 5 rings (SSSR count). The minimum absolute atomic E-state index is 0. The average Bonchev–Trinajstić information content (AvgIpc) is 2.80. The number of pyridine rings is 1. The lowest BCUT2D eigenvalue weighted by Crippen LogP contribution is -2.39. The number of hydrogen-bond acceptors (Lipinski definition) is 4. The van der Waals surface area contributed by atoms with Gasteiger partial charge in [0.1, 0.15) is 11.9 Å². The van der Waals surface area contributed by atoms with Crippen LogP contribution in [0.2, 0.25) is 0 Å². The Morgan fingerprint density at radius 1 is 1.06 bits per heavy atom. The van der Waals surface area contributed by atoms with E-state index in [9.17, 15) is 4.79 Å². The summed E-state index contributed by atoms with van der Waals surface area (Å²) in [5, 5.41) is 1.16. The van der Waals surface area contributed by atoms with Crippen LogP contribution in [0.5, 0.6) is 5.75 Å². The molecule has 164 valence electrons. The van der Waals surface area contributed by atoms with Crippen molar-refractivity contribution in [1.29, 1.82) is 0 Å². The van der Waals surface area contributed by atoms with Crippen LogP contribution >= 0.6 is 24.2 Å². The lowest BCUT2D eigenvalue weighted by molar-refractivity contribution is 0.101. The van der Waals surface area contributed by atoms with Crippen molar-refractivity contribution in [3.8, 4) is 5.75 Å². The molecule has 1 fully saturated rings. The fraction of sp³-hybridized carbons (Fsp3) is 0.400. The molecule has 0 unspecified atom stereocenters. The Morgan fingerprint density at radius 2 is 1.87 bits per heavy atom. The van der Waals surface area contributed by atoms with Crippen LogP contribution in [0, 0.1) is 0 Å². The summed E-state index contributed by atoms with van der Waals surface area (Å²) < 4.78 is 6.37. The number of nitrogens with one attached hydrogen (secondary N) is 1. The van der Waals surface area contributed by atoms with Gasteiger partial charge in [0.25, 0.3) is 5.56 Å². The zero-order valence-electron chi connectivity index (χ0n) is 17.6. The van der Waals surface area contributed by atoms with Crippen molar-refractivity contribution in [2.45, 2.75) is 37.5 Å². The van der Waals surface area contributed by atoms with Gasteiger partial charge in [0.05, 0.1) is 0 Å². The molecular formula is C25H29ClN2O2S. The van der Waals surface area contributed by atoms with E-state index in [1.165, 1.54) is 11.1 Å². The van der Waals surface area contributed by atoms with Gasteiger partial charge in [-0.15, -0.1) is 12.4 Å². The molecule has 3 heterocycles. The first kappa shape index (κ1) is 22.3. The van der Waals surface area contributed by atoms with Crippen LogP contribution in [0.15, 0.2) is 53.3 Å². The molecule has 0 radical (unpaired) electrons. The zero-order chi connectivity index (χ0) is 20.3. The Bertz CT molecular complexity index is 1080. The highest BCUT2D eigenvalue weighted by Gasteiger charge is 2.21. The molecule has 2 aliphatic rings. The smallest absolute Gasteiger partial charge is 0.252 e. The summed E-state index contributed by atoms with van der Waals surface area (Å²) in [6.45, 7) is 3.29. The van der Waals surface area contributed by atoms with Crippen molar-refractivity contribution < 1.29 is 4.74 Å². The summed E-state index contributed by atoms with van der Waals surface area (Å²) in [4.78, 5) is 17.9. The highest BCUT2D eigenvalue weighted by Crippen LogP contribution is 2.30.